The van der Waals surface area contributed by atoms with E-state index in [1.165, 1.54) is 12.1 Å². The summed E-state index contributed by atoms with van der Waals surface area (Å²) in [6.45, 7) is 0. The molecule has 0 saturated heterocycles. The summed E-state index contributed by atoms with van der Waals surface area (Å²) < 4.78 is 26.7. The van der Waals surface area contributed by atoms with Crippen LogP contribution in [0, 0.1) is 5.21 Å². The van der Waals surface area contributed by atoms with Crippen molar-refractivity contribution in [1.29, 1.82) is 0 Å². The molecule has 0 bridgehead atoms. The molecule has 23 heavy (non-hydrogen) atoms. The maximum absolute atomic E-state index is 12.3. The Morgan fingerprint density at radius 3 is 2.13 bits per heavy atom. The number of hydrogen-bond acceptors (Lipinski definition) is 5. The molecular formula is C14H14N2O6S. The van der Waals surface area contributed by atoms with Gasteiger partial charge in [-0.15, -0.1) is 0 Å². The molecular weight excluding hydrogens is 324 g/mol. The summed E-state index contributed by atoms with van der Waals surface area (Å²) >= 11 is 0. The maximum Gasteiger partial charge on any atom is 0.326 e. The lowest BCUT2D eigenvalue weighted by atomic mass is 10.1. The van der Waals surface area contributed by atoms with Gasteiger partial charge in [0.15, 0.2) is 5.69 Å². The Morgan fingerprint density at radius 2 is 1.65 bits per heavy atom. The molecule has 2 aromatic carbocycles. The number of carbonyl (C=O) groups is 1. The average Bonchev–Trinajstić information content (AvgIpc) is 2.53. The largest absolute Gasteiger partial charge is 0.595 e. The number of rotatable bonds is 6. The van der Waals surface area contributed by atoms with Gasteiger partial charge in [-0.2, -0.15) is 9.95 Å². The Labute approximate surface area is 132 Å². The lowest BCUT2D eigenvalue weighted by molar-refractivity contribution is -0.991. The van der Waals surface area contributed by atoms with Crippen molar-refractivity contribution in [2.45, 2.75) is 10.9 Å². The Hall–Kier alpha value is -2.30. The van der Waals surface area contributed by atoms with Crippen LogP contribution in [0.1, 0.15) is 11.6 Å². The van der Waals surface area contributed by atoms with E-state index >= 15 is 0 Å². The van der Waals surface area contributed by atoms with E-state index in [0.29, 0.717) is 0 Å². The monoisotopic (exact) mass is 338 g/mol. The van der Waals surface area contributed by atoms with Crippen molar-refractivity contribution in [2.24, 2.45) is 0 Å². The Kier molecular flexibility index (Phi) is 5.08. The van der Waals surface area contributed by atoms with Crippen molar-refractivity contribution in [3.8, 4) is 0 Å². The highest BCUT2D eigenvalue weighted by Gasteiger charge is 2.26. The van der Waals surface area contributed by atoms with Crippen molar-refractivity contribution >= 4 is 21.7 Å². The van der Waals surface area contributed by atoms with E-state index < -0.39 is 27.3 Å². The number of aliphatic carboxylic acids is 1. The van der Waals surface area contributed by atoms with Crippen molar-refractivity contribution in [2.75, 3.05) is 0 Å². The molecule has 0 radical (unpaired) electrons. The van der Waals surface area contributed by atoms with Crippen LogP contribution in [0.25, 0.3) is 0 Å². The van der Waals surface area contributed by atoms with Crippen LogP contribution < -0.4 is 9.95 Å². The molecule has 2 unspecified atom stereocenters. The summed E-state index contributed by atoms with van der Waals surface area (Å²) in [5.74, 6) is -1.35. The number of sulfonamides is 1. The van der Waals surface area contributed by atoms with E-state index in [4.69, 9.17) is 5.21 Å². The second-order valence-corrected chi connectivity index (χ2v) is 6.35. The Morgan fingerprint density at radius 1 is 1.09 bits per heavy atom. The van der Waals surface area contributed by atoms with Crippen LogP contribution >= 0.6 is 0 Å². The van der Waals surface area contributed by atoms with Crippen molar-refractivity contribution in [1.82, 2.24) is 4.72 Å². The SMILES string of the molecule is O=C(O)C(NS(=O)(=O)c1ccc([NH+]([O-])O)cc1)c1ccccc1. The minimum Gasteiger partial charge on any atom is -0.595 e. The minimum absolute atomic E-state index is 0.0678. The van der Waals surface area contributed by atoms with Gasteiger partial charge in [0.05, 0.1) is 4.90 Å². The van der Waals surface area contributed by atoms with Crippen molar-refractivity contribution in [3.05, 3.63) is 65.4 Å². The predicted molar refractivity (Wildman–Crippen MR) is 79.4 cm³/mol. The molecule has 2 aromatic rings. The quantitative estimate of drug-likeness (QED) is 0.556. The number of carboxylic acids is 1. The minimum atomic E-state index is -4.12. The molecule has 0 amide bonds. The van der Waals surface area contributed by atoms with Gasteiger partial charge in [-0.05, 0) is 17.7 Å². The smallest absolute Gasteiger partial charge is 0.326 e. The summed E-state index contributed by atoms with van der Waals surface area (Å²) in [5, 5.41) is 27.6. The number of quaternary nitrogens is 1. The molecule has 4 N–H and O–H groups in total. The van der Waals surface area contributed by atoms with E-state index in [-0.39, 0.29) is 16.1 Å². The highest BCUT2D eigenvalue weighted by Crippen LogP contribution is 2.18. The zero-order valence-corrected chi connectivity index (χ0v) is 12.5. The molecule has 0 heterocycles. The summed E-state index contributed by atoms with van der Waals surface area (Å²) in [5.41, 5.74) is 0.215. The molecule has 0 aliphatic heterocycles. The zero-order valence-electron chi connectivity index (χ0n) is 11.7. The van der Waals surface area contributed by atoms with Crippen LogP contribution in [-0.2, 0) is 14.8 Å². The molecule has 0 aliphatic rings. The normalized spacial score (nSPS) is 14.2. The van der Waals surface area contributed by atoms with E-state index in [0.717, 1.165) is 24.3 Å². The maximum atomic E-state index is 12.3. The standard InChI is InChI=1S/C14H14N2O6S/c17-14(18)13(10-4-2-1-3-5-10)15-23(21,22)12-8-6-11(7-9-12)16(19)20/h1-9,13,15-16,19H,(H,17,18). The zero-order chi connectivity index (χ0) is 17.0. The summed E-state index contributed by atoms with van der Waals surface area (Å²) in [4.78, 5) is 11.1. The van der Waals surface area contributed by atoms with Crippen molar-refractivity contribution < 1.29 is 28.8 Å². The Balaban J connectivity index is 2.30. The fraction of sp³-hybridized carbons (Fsp3) is 0.0714. The molecule has 0 saturated carbocycles. The van der Waals surface area contributed by atoms with E-state index in [1.54, 1.807) is 18.2 Å². The summed E-state index contributed by atoms with van der Waals surface area (Å²) in [6, 6.07) is 10.9. The van der Waals surface area contributed by atoms with Gasteiger partial charge < -0.3 is 10.3 Å². The lowest BCUT2D eigenvalue weighted by Crippen LogP contribution is -2.99. The van der Waals surface area contributed by atoms with Crippen LogP contribution in [0.15, 0.2) is 59.5 Å². The first-order valence-electron chi connectivity index (χ1n) is 6.45. The fourth-order valence-electron chi connectivity index (χ4n) is 1.91. The van der Waals surface area contributed by atoms with Gasteiger partial charge in [0, 0.05) is 12.1 Å². The van der Waals surface area contributed by atoms with Gasteiger partial charge in [0.25, 0.3) is 0 Å². The van der Waals surface area contributed by atoms with Gasteiger partial charge in [-0.1, -0.05) is 30.3 Å². The van der Waals surface area contributed by atoms with Crippen LogP contribution in [0.2, 0.25) is 0 Å². The van der Waals surface area contributed by atoms with Gasteiger partial charge in [-0.25, -0.2) is 13.6 Å². The number of carboxylic acid groups (broad SMARTS) is 1. The molecule has 8 nitrogen and oxygen atoms in total. The van der Waals surface area contributed by atoms with Gasteiger partial charge >= 0.3 is 5.97 Å². The molecule has 0 spiro atoms. The topological polar surface area (TPSA) is 131 Å². The number of nitrogens with one attached hydrogen (secondary N) is 2. The van der Waals surface area contributed by atoms with E-state index in [9.17, 15) is 23.5 Å². The first kappa shape index (κ1) is 17.1. The molecule has 122 valence electrons. The molecule has 2 rings (SSSR count). The van der Waals surface area contributed by atoms with E-state index in [2.05, 4.69) is 4.72 Å². The van der Waals surface area contributed by atoms with Crippen LogP contribution in [0.5, 0.6) is 0 Å². The summed E-state index contributed by atoms with van der Waals surface area (Å²) in [6.07, 6.45) is 0. The second-order valence-electron chi connectivity index (χ2n) is 4.63. The molecule has 9 heteroatoms. The third kappa shape index (κ3) is 4.12. The molecule has 2 atom stereocenters. The van der Waals surface area contributed by atoms with Crippen LogP contribution in [0.3, 0.4) is 0 Å². The predicted octanol–water partition coefficient (Wildman–Crippen LogP) is 0.194. The molecule has 0 aromatic heterocycles. The van der Waals surface area contributed by atoms with Gasteiger partial charge in [0.2, 0.25) is 10.0 Å². The third-order valence-corrected chi connectivity index (χ3v) is 4.50. The second kappa shape index (κ2) is 6.86. The van der Waals surface area contributed by atoms with Gasteiger partial charge in [0.1, 0.15) is 6.04 Å². The highest BCUT2D eigenvalue weighted by atomic mass is 32.2. The number of hydrogen-bond donors (Lipinski definition) is 4. The van der Waals surface area contributed by atoms with Crippen LogP contribution in [-0.4, -0.2) is 24.7 Å². The number of benzene rings is 2. The first-order chi connectivity index (χ1) is 10.8. The van der Waals surface area contributed by atoms with Gasteiger partial charge in [-0.3, -0.25) is 4.79 Å². The highest BCUT2D eigenvalue weighted by molar-refractivity contribution is 7.89. The molecule has 0 aliphatic carbocycles. The lowest BCUT2D eigenvalue weighted by Gasteiger charge is -2.16. The van der Waals surface area contributed by atoms with E-state index in [1.807, 2.05) is 0 Å². The van der Waals surface area contributed by atoms with Crippen molar-refractivity contribution in [3.63, 3.8) is 0 Å². The Bertz CT molecular complexity index is 775. The third-order valence-electron chi connectivity index (χ3n) is 3.06. The van der Waals surface area contributed by atoms with Crippen LogP contribution in [0.4, 0.5) is 5.69 Å². The fourth-order valence-corrected chi connectivity index (χ4v) is 3.08. The first-order valence-corrected chi connectivity index (χ1v) is 7.93. The summed E-state index contributed by atoms with van der Waals surface area (Å²) in [7, 11) is -4.12. The average molecular weight is 338 g/mol. The molecule has 0 fully saturated rings.